The highest BCUT2D eigenvalue weighted by Gasteiger charge is 2.54. The third kappa shape index (κ3) is 2.35. The first kappa shape index (κ1) is 11.9. The molecule has 17 heavy (non-hydrogen) atoms. The summed E-state index contributed by atoms with van der Waals surface area (Å²) in [5.41, 5.74) is 0. The second kappa shape index (κ2) is 3.65. The molecule has 0 saturated carbocycles. The predicted molar refractivity (Wildman–Crippen MR) is 60.5 cm³/mol. The maximum atomic E-state index is 5.83. The van der Waals surface area contributed by atoms with Crippen LogP contribution in [0.1, 0.15) is 27.7 Å². The Morgan fingerprint density at radius 2 is 1.24 bits per heavy atom. The fraction of sp³-hybridized carbons (Fsp3) is 1.00. The van der Waals surface area contributed by atoms with Gasteiger partial charge in [-0.05, 0) is 27.7 Å². The highest BCUT2D eigenvalue weighted by Crippen LogP contribution is 2.35. The lowest BCUT2D eigenvalue weighted by atomic mass is 10.1. The van der Waals surface area contributed by atoms with E-state index in [9.17, 15) is 0 Å². The summed E-state index contributed by atoms with van der Waals surface area (Å²) in [4.78, 5) is 0. The Bertz CT molecular complexity index is 288. The van der Waals surface area contributed by atoms with Gasteiger partial charge in [0.15, 0.2) is 11.6 Å². The fourth-order valence-electron chi connectivity index (χ4n) is 2.63. The first-order valence-corrected chi connectivity index (χ1v) is 6.26. The zero-order valence-corrected chi connectivity index (χ0v) is 10.9. The van der Waals surface area contributed by atoms with E-state index in [-0.39, 0.29) is 12.2 Å². The van der Waals surface area contributed by atoms with Gasteiger partial charge in [-0.25, -0.2) is 0 Å². The van der Waals surface area contributed by atoms with Crippen molar-refractivity contribution in [2.24, 2.45) is 0 Å². The molecule has 0 unspecified atom stereocenters. The molecule has 0 aromatic rings. The number of ether oxygens (including phenoxy) is 4. The molecule has 0 aromatic carbocycles. The molecule has 0 radical (unpaired) electrons. The molecule has 0 aliphatic carbocycles. The number of hydrogen-bond donors (Lipinski definition) is 1. The minimum Gasteiger partial charge on any atom is -0.348 e. The van der Waals surface area contributed by atoms with Crippen LogP contribution < -0.4 is 5.32 Å². The minimum atomic E-state index is -0.453. The van der Waals surface area contributed by atoms with Crippen LogP contribution in [0.4, 0.5) is 0 Å². The molecule has 5 nitrogen and oxygen atoms in total. The summed E-state index contributed by atoms with van der Waals surface area (Å²) < 4.78 is 22.8. The Morgan fingerprint density at radius 1 is 0.824 bits per heavy atom. The van der Waals surface area contributed by atoms with E-state index in [4.69, 9.17) is 18.9 Å². The SMILES string of the molecule is CC1(C)OC[C@@H]([C@@H]2N[C@H]2[C@@H]2COC(C)(C)O2)O1. The van der Waals surface area contributed by atoms with Gasteiger partial charge in [0.1, 0.15) is 12.2 Å². The van der Waals surface area contributed by atoms with Gasteiger partial charge >= 0.3 is 0 Å². The second-order valence-electron chi connectivity index (χ2n) is 5.95. The maximum absolute atomic E-state index is 5.83. The number of rotatable bonds is 2. The highest BCUT2D eigenvalue weighted by atomic mass is 16.8. The zero-order valence-electron chi connectivity index (χ0n) is 10.9. The van der Waals surface area contributed by atoms with Crippen LogP contribution in [0.15, 0.2) is 0 Å². The van der Waals surface area contributed by atoms with E-state index in [2.05, 4.69) is 5.32 Å². The van der Waals surface area contributed by atoms with Gasteiger partial charge in [0.05, 0.1) is 25.3 Å². The van der Waals surface area contributed by atoms with E-state index < -0.39 is 11.6 Å². The number of hydrogen-bond acceptors (Lipinski definition) is 5. The van der Waals surface area contributed by atoms with Crippen molar-refractivity contribution in [1.82, 2.24) is 5.32 Å². The molecule has 4 atom stereocenters. The lowest BCUT2D eigenvalue weighted by Crippen LogP contribution is -2.30. The number of nitrogens with one attached hydrogen (secondary N) is 1. The van der Waals surface area contributed by atoms with Crippen molar-refractivity contribution in [3.05, 3.63) is 0 Å². The predicted octanol–water partition coefficient (Wildman–Crippen LogP) is 0.630. The average Bonchev–Trinajstić information content (AvgIpc) is 2.81. The minimum absolute atomic E-state index is 0.127. The molecule has 0 bridgehead atoms. The topological polar surface area (TPSA) is 58.9 Å². The maximum Gasteiger partial charge on any atom is 0.163 e. The van der Waals surface area contributed by atoms with Gasteiger partial charge in [-0.15, -0.1) is 0 Å². The summed E-state index contributed by atoms with van der Waals surface area (Å²) in [5.74, 6) is -0.905. The van der Waals surface area contributed by atoms with E-state index in [1.807, 2.05) is 27.7 Å². The quantitative estimate of drug-likeness (QED) is 0.721. The summed E-state index contributed by atoms with van der Waals surface area (Å²) in [5, 5.41) is 3.42. The Morgan fingerprint density at radius 3 is 1.53 bits per heavy atom. The van der Waals surface area contributed by atoms with Crippen LogP contribution in [0.5, 0.6) is 0 Å². The zero-order chi connectivity index (χ0) is 12.3. The molecule has 1 N–H and O–H groups in total. The summed E-state index contributed by atoms with van der Waals surface area (Å²) >= 11 is 0. The van der Waals surface area contributed by atoms with Gasteiger partial charge in [0.25, 0.3) is 0 Å². The fourth-order valence-corrected chi connectivity index (χ4v) is 2.63. The third-order valence-corrected chi connectivity index (χ3v) is 3.52. The summed E-state index contributed by atoms with van der Waals surface area (Å²) in [6, 6.07) is 0.665. The summed E-state index contributed by atoms with van der Waals surface area (Å²) in [7, 11) is 0. The van der Waals surface area contributed by atoms with Crippen LogP contribution in [0, 0.1) is 0 Å². The van der Waals surface area contributed by atoms with Crippen LogP contribution in [0.25, 0.3) is 0 Å². The molecule has 3 rings (SSSR count). The van der Waals surface area contributed by atoms with E-state index in [1.54, 1.807) is 0 Å². The highest BCUT2D eigenvalue weighted by molar-refractivity contribution is 5.09. The smallest absolute Gasteiger partial charge is 0.163 e. The van der Waals surface area contributed by atoms with Crippen LogP contribution in [0.3, 0.4) is 0 Å². The molecule has 0 spiro atoms. The molecule has 0 amide bonds. The van der Waals surface area contributed by atoms with Crippen molar-refractivity contribution in [2.45, 2.75) is 63.6 Å². The molecule has 3 saturated heterocycles. The van der Waals surface area contributed by atoms with Crippen LogP contribution in [0.2, 0.25) is 0 Å². The Balaban J connectivity index is 1.54. The normalized spacial score (nSPS) is 47.3. The summed E-state index contributed by atoms with van der Waals surface area (Å²) in [6.07, 6.45) is 0.254. The first-order valence-electron chi connectivity index (χ1n) is 6.26. The van der Waals surface area contributed by atoms with Gasteiger partial charge in [-0.3, -0.25) is 0 Å². The van der Waals surface area contributed by atoms with Crippen molar-refractivity contribution in [3.63, 3.8) is 0 Å². The third-order valence-electron chi connectivity index (χ3n) is 3.52. The lowest BCUT2D eigenvalue weighted by Gasteiger charge is -2.18. The van der Waals surface area contributed by atoms with E-state index in [1.165, 1.54) is 0 Å². The molecule has 3 aliphatic heterocycles. The Kier molecular flexibility index (Phi) is 2.55. The average molecular weight is 243 g/mol. The molecule has 5 heteroatoms. The Labute approximate surface area is 102 Å². The van der Waals surface area contributed by atoms with Gasteiger partial charge in [-0.2, -0.15) is 0 Å². The molecular weight excluding hydrogens is 222 g/mol. The van der Waals surface area contributed by atoms with Crippen molar-refractivity contribution < 1.29 is 18.9 Å². The lowest BCUT2D eigenvalue weighted by molar-refractivity contribution is -0.142. The van der Waals surface area contributed by atoms with Crippen LogP contribution >= 0.6 is 0 Å². The van der Waals surface area contributed by atoms with Crippen molar-refractivity contribution in [1.29, 1.82) is 0 Å². The van der Waals surface area contributed by atoms with Crippen LogP contribution in [-0.2, 0) is 18.9 Å². The van der Waals surface area contributed by atoms with Gasteiger partial charge in [0.2, 0.25) is 0 Å². The van der Waals surface area contributed by atoms with Crippen molar-refractivity contribution >= 4 is 0 Å². The Hall–Kier alpha value is -0.200. The standard InChI is InChI=1S/C12H21NO4/c1-11(2)14-5-7(16-11)9-10(13-9)8-6-15-12(3,4)17-8/h7-10,13H,5-6H2,1-4H3/t7-,8-,9-,10-/m0/s1. The van der Waals surface area contributed by atoms with Gasteiger partial charge < -0.3 is 24.3 Å². The van der Waals surface area contributed by atoms with Crippen molar-refractivity contribution in [3.8, 4) is 0 Å². The van der Waals surface area contributed by atoms with Crippen molar-refractivity contribution in [2.75, 3.05) is 13.2 Å². The monoisotopic (exact) mass is 243 g/mol. The second-order valence-corrected chi connectivity index (χ2v) is 5.95. The van der Waals surface area contributed by atoms with Gasteiger partial charge in [-0.1, -0.05) is 0 Å². The first-order chi connectivity index (χ1) is 7.86. The van der Waals surface area contributed by atoms with E-state index >= 15 is 0 Å². The summed E-state index contributed by atoms with van der Waals surface area (Å²) in [6.45, 7) is 9.09. The molecular formula is C12H21NO4. The van der Waals surface area contributed by atoms with Gasteiger partial charge in [0, 0.05) is 0 Å². The van der Waals surface area contributed by atoms with E-state index in [0.717, 1.165) is 0 Å². The molecule has 98 valence electrons. The molecule has 3 heterocycles. The van der Waals surface area contributed by atoms with Crippen LogP contribution in [-0.4, -0.2) is 49.1 Å². The largest absolute Gasteiger partial charge is 0.348 e. The molecule has 0 aromatic heterocycles. The van der Waals surface area contributed by atoms with E-state index in [0.29, 0.717) is 25.3 Å². The molecule has 3 aliphatic rings. The molecule has 3 fully saturated rings.